The van der Waals surface area contributed by atoms with E-state index in [1.54, 1.807) is 7.11 Å². The molecule has 0 aromatic heterocycles. The molecule has 0 fully saturated rings. The van der Waals surface area contributed by atoms with E-state index in [9.17, 15) is 0 Å². The molecule has 0 aromatic rings. The maximum Gasteiger partial charge on any atom is 0.0587 e. The van der Waals surface area contributed by atoms with E-state index in [1.807, 2.05) is 0 Å². The quantitative estimate of drug-likeness (QED) is 0.624. The lowest BCUT2D eigenvalue weighted by Gasteiger charge is -2.33. The lowest BCUT2D eigenvalue weighted by atomic mass is 10.0. The summed E-state index contributed by atoms with van der Waals surface area (Å²) in [6.45, 7) is 11.8. The Labute approximate surface area is 95.2 Å². The normalized spacial score (nSPS) is 16.0. The van der Waals surface area contributed by atoms with Gasteiger partial charge in [0.15, 0.2) is 0 Å². The van der Waals surface area contributed by atoms with Crippen LogP contribution in [0.2, 0.25) is 0 Å². The van der Waals surface area contributed by atoms with Crippen LogP contribution in [0.5, 0.6) is 0 Å². The lowest BCUT2D eigenvalue weighted by molar-refractivity contribution is 0.150. The zero-order chi connectivity index (χ0) is 11.8. The molecule has 15 heavy (non-hydrogen) atoms. The molecule has 1 N–H and O–H groups in total. The molecule has 0 saturated carbocycles. The molecule has 2 atom stereocenters. The number of nitrogens with zero attached hydrogens (tertiary/aromatic N) is 1. The molecule has 0 aliphatic rings. The topological polar surface area (TPSA) is 24.5 Å². The third-order valence-corrected chi connectivity index (χ3v) is 3.23. The van der Waals surface area contributed by atoms with E-state index in [-0.39, 0.29) is 0 Å². The largest absolute Gasteiger partial charge is 0.383 e. The summed E-state index contributed by atoms with van der Waals surface area (Å²) in [6.07, 6.45) is 0. The molecule has 0 spiro atoms. The summed E-state index contributed by atoms with van der Waals surface area (Å²) in [4.78, 5) is 2.43. The fourth-order valence-corrected chi connectivity index (χ4v) is 1.50. The Morgan fingerprint density at radius 2 is 1.80 bits per heavy atom. The minimum atomic E-state index is 0.569. The van der Waals surface area contributed by atoms with E-state index in [0.717, 1.165) is 19.7 Å². The molecule has 0 saturated heterocycles. The van der Waals surface area contributed by atoms with Crippen LogP contribution in [0.25, 0.3) is 0 Å². The predicted molar refractivity (Wildman–Crippen MR) is 66.3 cm³/mol. The van der Waals surface area contributed by atoms with Gasteiger partial charge in [0, 0.05) is 32.3 Å². The highest BCUT2D eigenvalue weighted by Crippen LogP contribution is 2.10. The summed E-state index contributed by atoms with van der Waals surface area (Å²) >= 11 is 0. The van der Waals surface area contributed by atoms with Crippen LogP contribution in [0.3, 0.4) is 0 Å². The van der Waals surface area contributed by atoms with Gasteiger partial charge in [0.05, 0.1) is 6.61 Å². The van der Waals surface area contributed by atoms with E-state index in [4.69, 9.17) is 4.74 Å². The van der Waals surface area contributed by atoms with Crippen LogP contribution >= 0.6 is 0 Å². The fraction of sp³-hybridized carbons (Fsp3) is 1.00. The third-order valence-electron chi connectivity index (χ3n) is 3.23. The van der Waals surface area contributed by atoms with E-state index < -0.39 is 0 Å². The molecule has 3 heteroatoms. The highest BCUT2D eigenvalue weighted by Gasteiger charge is 2.17. The number of nitrogens with one attached hydrogen (secondary N) is 1. The maximum atomic E-state index is 4.99. The summed E-state index contributed by atoms with van der Waals surface area (Å²) in [5, 5.41) is 3.39. The Bertz CT molecular complexity index is 151. The molecule has 0 aliphatic heterocycles. The lowest BCUT2D eigenvalue weighted by Crippen LogP contribution is -2.45. The Morgan fingerprint density at radius 1 is 1.20 bits per heavy atom. The molecule has 0 aliphatic carbocycles. The summed E-state index contributed by atoms with van der Waals surface area (Å²) in [6, 6.07) is 1.20. The number of ether oxygens (including phenoxy) is 1. The highest BCUT2D eigenvalue weighted by atomic mass is 16.5. The van der Waals surface area contributed by atoms with Crippen molar-refractivity contribution in [3.63, 3.8) is 0 Å². The van der Waals surface area contributed by atoms with Gasteiger partial charge in [-0.1, -0.05) is 13.8 Å². The first kappa shape index (κ1) is 14.9. The molecule has 0 radical (unpaired) electrons. The highest BCUT2D eigenvalue weighted by molar-refractivity contribution is 4.74. The van der Waals surface area contributed by atoms with Gasteiger partial charge in [0.1, 0.15) is 0 Å². The van der Waals surface area contributed by atoms with Gasteiger partial charge in [0.25, 0.3) is 0 Å². The molecule has 92 valence electrons. The van der Waals surface area contributed by atoms with Crippen molar-refractivity contribution < 1.29 is 4.74 Å². The van der Waals surface area contributed by atoms with E-state index in [2.05, 4.69) is 45.0 Å². The van der Waals surface area contributed by atoms with Gasteiger partial charge in [-0.15, -0.1) is 0 Å². The first-order valence-electron chi connectivity index (χ1n) is 5.92. The third kappa shape index (κ3) is 6.13. The molecule has 0 aromatic carbocycles. The van der Waals surface area contributed by atoms with Gasteiger partial charge in [0.2, 0.25) is 0 Å². The average molecular weight is 216 g/mol. The van der Waals surface area contributed by atoms with Gasteiger partial charge < -0.3 is 10.1 Å². The van der Waals surface area contributed by atoms with Crippen LogP contribution in [0, 0.1) is 5.92 Å². The van der Waals surface area contributed by atoms with Crippen LogP contribution in [0.4, 0.5) is 0 Å². The van der Waals surface area contributed by atoms with Gasteiger partial charge in [-0.2, -0.15) is 0 Å². The first-order valence-corrected chi connectivity index (χ1v) is 5.92. The summed E-state index contributed by atoms with van der Waals surface area (Å²) in [5.74, 6) is 0.705. The number of hydrogen-bond donors (Lipinski definition) is 1. The van der Waals surface area contributed by atoms with Gasteiger partial charge in [-0.25, -0.2) is 0 Å². The minimum absolute atomic E-state index is 0.569. The van der Waals surface area contributed by atoms with Crippen molar-refractivity contribution in [2.45, 2.75) is 39.8 Å². The monoisotopic (exact) mass is 216 g/mol. The van der Waals surface area contributed by atoms with Crippen LogP contribution < -0.4 is 5.32 Å². The second-order valence-corrected chi connectivity index (χ2v) is 4.70. The predicted octanol–water partition coefficient (Wildman–Crippen LogP) is 1.59. The Kier molecular flexibility index (Phi) is 8.02. The van der Waals surface area contributed by atoms with Gasteiger partial charge in [-0.05, 0) is 26.8 Å². The Balaban J connectivity index is 3.73. The van der Waals surface area contributed by atoms with E-state index in [0.29, 0.717) is 18.0 Å². The number of methoxy groups -OCH3 is 1. The fourth-order valence-electron chi connectivity index (χ4n) is 1.50. The summed E-state index contributed by atoms with van der Waals surface area (Å²) in [7, 11) is 3.94. The number of hydrogen-bond acceptors (Lipinski definition) is 3. The molecular formula is C12H28N2O. The Morgan fingerprint density at radius 3 is 2.27 bits per heavy atom. The summed E-state index contributed by atoms with van der Waals surface area (Å²) < 4.78 is 4.99. The molecule has 3 nitrogen and oxygen atoms in total. The Hall–Kier alpha value is -0.120. The van der Waals surface area contributed by atoms with Crippen molar-refractivity contribution in [3.8, 4) is 0 Å². The molecule has 0 heterocycles. The molecule has 0 bridgehead atoms. The van der Waals surface area contributed by atoms with E-state index >= 15 is 0 Å². The van der Waals surface area contributed by atoms with Crippen molar-refractivity contribution in [1.82, 2.24) is 10.2 Å². The van der Waals surface area contributed by atoms with Crippen LogP contribution in [0.1, 0.15) is 27.7 Å². The van der Waals surface area contributed by atoms with Crippen molar-refractivity contribution >= 4 is 0 Å². The van der Waals surface area contributed by atoms with Gasteiger partial charge >= 0.3 is 0 Å². The second kappa shape index (κ2) is 8.08. The molecule has 0 rings (SSSR count). The zero-order valence-corrected chi connectivity index (χ0v) is 11.2. The smallest absolute Gasteiger partial charge is 0.0587 e. The number of likely N-dealkylation sites (N-methyl/N-ethyl adjacent to an activating group) is 1. The van der Waals surface area contributed by atoms with Gasteiger partial charge in [-0.3, -0.25) is 4.90 Å². The maximum absolute atomic E-state index is 4.99. The standard InChI is InChI=1S/C12H28N2O/c1-10(2)12(4)14(5)11(3)9-13-7-8-15-6/h10-13H,7-9H2,1-6H3. The molecule has 2 unspecified atom stereocenters. The van der Waals surface area contributed by atoms with Crippen molar-refractivity contribution in [2.75, 3.05) is 33.9 Å². The van der Waals surface area contributed by atoms with Crippen molar-refractivity contribution in [1.29, 1.82) is 0 Å². The van der Waals surface area contributed by atoms with E-state index in [1.165, 1.54) is 0 Å². The van der Waals surface area contributed by atoms with Crippen LogP contribution in [-0.2, 0) is 4.74 Å². The van der Waals surface area contributed by atoms with Crippen LogP contribution in [0.15, 0.2) is 0 Å². The van der Waals surface area contributed by atoms with Crippen molar-refractivity contribution in [3.05, 3.63) is 0 Å². The molecule has 0 amide bonds. The average Bonchev–Trinajstić information content (AvgIpc) is 2.21. The zero-order valence-electron chi connectivity index (χ0n) is 11.2. The minimum Gasteiger partial charge on any atom is -0.383 e. The summed E-state index contributed by atoms with van der Waals surface area (Å²) in [5.41, 5.74) is 0. The first-order chi connectivity index (χ1) is 7.00. The second-order valence-electron chi connectivity index (χ2n) is 4.70. The van der Waals surface area contributed by atoms with Crippen molar-refractivity contribution in [2.24, 2.45) is 5.92 Å². The van der Waals surface area contributed by atoms with Crippen LogP contribution in [-0.4, -0.2) is 50.8 Å². The SMILES string of the molecule is COCCNCC(C)N(C)C(C)C(C)C. The molecular weight excluding hydrogens is 188 g/mol. The number of rotatable bonds is 8.